The Balaban J connectivity index is 0.00000462. The number of carbonyl (C=O) groups excluding carboxylic acids is 1. The smallest absolute Gasteiger partial charge is 0.326 e. The van der Waals surface area contributed by atoms with Gasteiger partial charge in [0.25, 0.3) is 5.91 Å². The average molecular weight is 572 g/mol. The van der Waals surface area contributed by atoms with Crippen LogP contribution in [0.15, 0.2) is 59.5 Å². The molecular formula is C32H40LiN2O5S. The SMILES string of the molecule is CSCC[C@H](NC(=O)c1ccc(C(OCCCC2CCCCC2)c2cnco2)cc1-c1ccccc1C)C(=O)O.[Li]. The fourth-order valence-electron chi connectivity index (χ4n) is 5.50. The van der Waals surface area contributed by atoms with Crippen LogP contribution in [0.3, 0.4) is 0 Å². The Bertz CT molecular complexity index is 1250. The van der Waals surface area contributed by atoms with Gasteiger partial charge in [0, 0.05) is 31.0 Å². The summed E-state index contributed by atoms with van der Waals surface area (Å²) in [5.41, 5.74) is 3.90. The van der Waals surface area contributed by atoms with Crippen molar-refractivity contribution in [2.45, 2.75) is 70.4 Å². The van der Waals surface area contributed by atoms with E-state index >= 15 is 0 Å². The van der Waals surface area contributed by atoms with Gasteiger partial charge in [0.2, 0.25) is 0 Å². The number of hydrogen-bond donors (Lipinski definition) is 2. The minimum Gasteiger partial charge on any atom is -0.480 e. The topological polar surface area (TPSA) is 102 Å². The molecule has 2 aromatic carbocycles. The van der Waals surface area contributed by atoms with Crippen molar-refractivity contribution in [2.75, 3.05) is 18.6 Å². The number of aliphatic carboxylic acids is 1. The van der Waals surface area contributed by atoms with E-state index in [-0.39, 0.29) is 18.9 Å². The number of ether oxygens (including phenoxy) is 1. The van der Waals surface area contributed by atoms with E-state index < -0.39 is 24.0 Å². The van der Waals surface area contributed by atoms with Gasteiger partial charge in [0.05, 0.1) is 6.20 Å². The molecule has 0 spiro atoms. The van der Waals surface area contributed by atoms with Gasteiger partial charge in [-0.1, -0.05) is 62.4 Å². The van der Waals surface area contributed by atoms with Crippen molar-refractivity contribution < 1.29 is 23.8 Å². The third kappa shape index (κ3) is 9.24. The molecule has 4 rings (SSSR count). The summed E-state index contributed by atoms with van der Waals surface area (Å²) in [7, 11) is 0. The first-order valence-electron chi connectivity index (χ1n) is 14.2. The maximum atomic E-state index is 13.5. The number of rotatable bonds is 14. The second kappa shape index (κ2) is 16.8. The van der Waals surface area contributed by atoms with Gasteiger partial charge >= 0.3 is 5.97 Å². The van der Waals surface area contributed by atoms with Gasteiger partial charge in [0.15, 0.2) is 12.2 Å². The molecule has 2 N–H and O–H groups in total. The van der Waals surface area contributed by atoms with E-state index in [0.29, 0.717) is 30.1 Å². The number of hydrogen-bond acceptors (Lipinski definition) is 6. The molecule has 0 aliphatic heterocycles. The van der Waals surface area contributed by atoms with Crippen LogP contribution in [-0.4, -0.2) is 65.5 Å². The van der Waals surface area contributed by atoms with Gasteiger partial charge < -0.3 is 19.6 Å². The van der Waals surface area contributed by atoms with Gasteiger partial charge in [0.1, 0.15) is 12.1 Å². The molecule has 3 aromatic rings. The van der Waals surface area contributed by atoms with Gasteiger partial charge in [-0.25, -0.2) is 9.78 Å². The van der Waals surface area contributed by atoms with Gasteiger partial charge in [-0.2, -0.15) is 11.8 Å². The van der Waals surface area contributed by atoms with Crippen LogP contribution < -0.4 is 5.32 Å². The first-order valence-corrected chi connectivity index (χ1v) is 15.6. The third-order valence-corrected chi connectivity index (χ3v) is 8.36. The van der Waals surface area contributed by atoms with E-state index in [1.165, 1.54) is 38.5 Å². The number of carboxylic acid groups (broad SMARTS) is 1. The number of carboxylic acids is 1. The molecule has 9 heteroatoms. The molecule has 1 fully saturated rings. The summed E-state index contributed by atoms with van der Waals surface area (Å²) in [6.07, 6.45) is 13.7. The van der Waals surface area contributed by atoms with E-state index in [9.17, 15) is 14.7 Å². The number of oxazole rings is 1. The van der Waals surface area contributed by atoms with Crippen molar-refractivity contribution in [3.05, 3.63) is 77.5 Å². The summed E-state index contributed by atoms with van der Waals surface area (Å²) < 4.78 is 12.1. The summed E-state index contributed by atoms with van der Waals surface area (Å²) in [5, 5.41) is 12.4. The first kappa shape index (κ1) is 33.0. The number of amides is 1. The fraction of sp³-hybridized carbons (Fsp3) is 0.469. The number of benzene rings is 2. The first-order chi connectivity index (χ1) is 19.5. The molecule has 0 bridgehead atoms. The van der Waals surface area contributed by atoms with Crippen molar-refractivity contribution in [2.24, 2.45) is 5.92 Å². The van der Waals surface area contributed by atoms with Crippen LogP contribution in [0.2, 0.25) is 0 Å². The monoisotopic (exact) mass is 571 g/mol. The van der Waals surface area contributed by atoms with Crippen LogP contribution in [0.1, 0.15) is 84.7 Å². The summed E-state index contributed by atoms with van der Waals surface area (Å²) in [6.45, 7) is 2.59. The number of carbonyl (C=O) groups is 2. The minimum atomic E-state index is -1.04. The van der Waals surface area contributed by atoms with Crippen molar-refractivity contribution in [1.29, 1.82) is 0 Å². The predicted octanol–water partition coefficient (Wildman–Crippen LogP) is 6.67. The number of aromatic nitrogens is 1. The van der Waals surface area contributed by atoms with Crippen molar-refractivity contribution in [3.8, 4) is 11.1 Å². The van der Waals surface area contributed by atoms with Crippen molar-refractivity contribution in [3.63, 3.8) is 0 Å². The maximum absolute atomic E-state index is 13.5. The Morgan fingerprint density at radius 3 is 2.61 bits per heavy atom. The molecule has 215 valence electrons. The van der Waals surface area contributed by atoms with E-state index in [2.05, 4.69) is 10.3 Å². The zero-order valence-electron chi connectivity index (χ0n) is 24.4. The number of nitrogens with zero attached hydrogens (tertiary/aromatic N) is 1. The standard InChI is InChI=1S/C32H40N2O5S.Li/c1-22-9-6-7-13-25(22)27-19-24(14-15-26(27)31(35)34-28(32(36)37)16-18-40-2)30(29-20-33-21-39-29)38-17-8-12-23-10-4-3-5-11-23;/h6-7,9,13-15,19-21,23,28,30H,3-5,8,10-12,16-18H2,1-2H3,(H,34,35)(H,36,37);/t28-,30?;/m0./s1. The van der Waals surface area contributed by atoms with Gasteiger partial charge in [-0.05, 0) is 78.5 Å². The third-order valence-electron chi connectivity index (χ3n) is 7.72. The van der Waals surface area contributed by atoms with Gasteiger partial charge in [-0.15, -0.1) is 0 Å². The average Bonchev–Trinajstić information content (AvgIpc) is 3.50. The van der Waals surface area contributed by atoms with Crippen LogP contribution in [-0.2, 0) is 9.53 Å². The normalized spacial score (nSPS) is 15.1. The zero-order valence-corrected chi connectivity index (χ0v) is 25.3. The summed E-state index contributed by atoms with van der Waals surface area (Å²) >= 11 is 1.55. The maximum Gasteiger partial charge on any atom is 0.326 e. The molecule has 7 nitrogen and oxygen atoms in total. The molecule has 1 radical (unpaired) electrons. The van der Waals surface area contributed by atoms with Gasteiger partial charge in [-0.3, -0.25) is 4.79 Å². The molecule has 1 unspecified atom stereocenters. The number of aryl methyl sites for hydroxylation is 1. The Morgan fingerprint density at radius 1 is 1.15 bits per heavy atom. The Kier molecular flexibility index (Phi) is 13.5. The summed E-state index contributed by atoms with van der Waals surface area (Å²) in [4.78, 5) is 29.4. The molecule has 41 heavy (non-hydrogen) atoms. The predicted molar refractivity (Wildman–Crippen MR) is 164 cm³/mol. The van der Waals surface area contributed by atoms with E-state index in [0.717, 1.165) is 41.0 Å². The summed E-state index contributed by atoms with van der Waals surface area (Å²) in [6, 6.07) is 12.5. The van der Waals surface area contributed by atoms with E-state index in [4.69, 9.17) is 9.15 Å². The minimum absolute atomic E-state index is 0. The number of nitrogens with one attached hydrogen (secondary N) is 1. The molecule has 0 saturated heterocycles. The Labute approximate surface area is 259 Å². The van der Waals surface area contributed by atoms with Crippen LogP contribution in [0.5, 0.6) is 0 Å². The second-order valence-corrected chi connectivity index (χ2v) is 11.6. The quantitative estimate of drug-likeness (QED) is 0.165. The Hall–Kier alpha value is -2.50. The Morgan fingerprint density at radius 2 is 1.93 bits per heavy atom. The fourth-order valence-corrected chi connectivity index (χ4v) is 5.97. The van der Waals surface area contributed by atoms with E-state index in [1.54, 1.807) is 24.0 Å². The van der Waals surface area contributed by atoms with Crippen LogP contribution in [0.25, 0.3) is 11.1 Å². The number of thioether (sulfide) groups is 1. The van der Waals surface area contributed by atoms with Crippen LogP contribution in [0, 0.1) is 12.8 Å². The molecule has 1 amide bonds. The molecule has 1 aliphatic carbocycles. The second-order valence-electron chi connectivity index (χ2n) is 10.6. The molecular weight excluding hydrogens is 531 g/mol. The largest absolute Gasteiger partial charge is 0.480 e. The van der Waals surface area contributed by atoms with Crippen LogP contribution in [0.4, 0.5) is 0 Å². The van der Waals surface area contributed by atoms with Crippen LogP contribution >= 0.6 is 11.8 Å². The molecule has 1 saturated carbocycles. The summed E-state index contributed by atoms with van der Waals surface area (Å²) in [5.74, 6) is 0.578. The molecule has 2 atom stereocenters. The molecule has 1 aliphatic rings. The zero-order chi connectivity index (χ0) is 28.3. The molecule has 1 aromatic heterocycles. The van der Waals surface area contributed by atoms with Crippen molar-refractivity contribution in [1.82, 2.24) is 10.3 Å². The molecule has 1 heterocycles. The van der Waals surface area contributed by atoms with Crippen molar-refractivity contribution >= 4 is 42.5 Å². The van der Waals surface area contributed by atoms with E-state index in [1.807, 2.05) is 49.6 Å².